The highest BCUT2D eigenvalue weighted by atomic mass is 16.6. The fraction of sp³-hybridized carbons (Fsp3) is 0.318. The van der Waals surface area contributed by atoms with E-state index in [1.165, 1.54) is 22.3 Å². The molecule has 1 aliphatic heterocycles. The van der Waals surface area contributed by atoms with E-state index in [9.17, 15) is 4.79 Å². The van der Waals surface area contributed by atoms with Gasteiger partial charge >= 0.3 is 6.09 Å². The molecular weight excluding hydrogens is 310 g/mol. The van der Waals surface area contributed by atoms with Crippen LogP contribution in [0.3, 0.4) is 0 Å². The van der Waals surface area contributed by atoms with Crippen LogP contribution in [-0.4, -0.2) is 30.2 Å². The van der Waals surface area contributed by atoms with E-state index >= 15 is 0 Å². The van der Waals surface area contributed by atoms with Gasteiger partial charge in [-0.2, -0.15) is 0 Å². The zero-order valence-electron chi connectivity index (χ0n) is 14.5. The average molecular weight is 331 g/mol. The molecule has 3 nitrogen and oxygen atoms in total. The van der Waals surface area contributed by atoms with E-state index in [4.69, 9.17) is 11.2 Å². The van der Waals surface area contributed by atoms with Gasteiger partial charge in [-0.15, -0.1) is 6.42 Å². The number of hydrogen-bond acceptors (Lipinski definition) is 2. The molecule has 25 heavy (non-hydrogen) atoms. The summed E-state index contributed by atoms with van der Waals surface area (Å²) in [5.74, 6) is 2.79. The van der Waals surface area contributed by atoms with E-state index in [1.54, 1.807) is 4.90 Å². The van der Waals surface area contributed by atoms with E-state index in [1.807, 2.05) is 24.3 Å². The molecule has 1 amide bonds. The van der Waals surface area contributed by atoms with Gasteiger partial charge < -0.3 is 4.74 Å². The van der Waals surface area contributed by atoms with Crippen LogP contribution in [0.25, 0.3) is 11.1 Å². The lowest BCUT2D eigenvalue weighted by atomic mass is 9.76. The topological polar surface area (TPSA) is 29.5 Å². The number of carbonyl (C=O) groups excluding carboxylic acids is 1. The van der Waals surface area contributed by atoms with Crippen LogP contribution in [0.5, 0.6) is 0 Å². The van der Waals surface area contributed by atoms with E-state index in [0.29, 0.717) is 13.2 Å². The molecular formula is C22H21NO2. The summed E-state index contributed by atoms with van der Waals surface area (Å²) in [6, 6.07) is 16.5. The highest BCUT2D eigenvalue weighted by Crippen LogP contribution is 2.45. The molecule has 1 atom stereocenters. The molecule has 0 radical (unpaired) electrons. The van der Waals surface area contributed by atoms with Crippen LogP contribution < -0.4 is 0 Å². The number of fused-ring (bicyclic) bond motifs is 3. The van der Waals surface area contributed by atoms with Crippen molar-refractivity contribution in [2.45, 2.75) is 25.8 Å². The molecule has 1 aliphatic carbocycles. The highest BCUT2D eigenvalue weighted by molar-refractivity contribution is 5.79. The summed E-state index contributed by atoms with van der Waals surface area (Å²) in [6.45, 7) is 5.12. The molecule has 1 heterocycles. The molecule has 4 rings (SSSR count). The van der Waals surface area contributed by atoms with Gasteiger partial charge in [0.05, 0.1) is 0 Å². The first-order valence-corrected chi connectivity index (χ1v) is 8.60. The number of terminal acetylenes is 1. The van der Waals surface area contributed by atoms with Gasteiger partial charge in [0.1, 0.15) is 12.6 Å². The lowest BCUT2D eigenvalue weighted by Gasteiger charge is -2.50. The van der Waals surface area contributed by atoms with Crippen molar-refractivity contribution in [3.63, 3.8) is 0 Å². The Bertz CT molecular complexity index is 832. The summed E-state index contributed by atoms with van der Waals surface area (Å²) in [5, 5.41) is 0. The van der Waals surface area contributed by atoms with Crippen molar-refractivity contribution in [1.82, 2.24) is 4.90 Å². The second-order valence-electron chi connectivity index (χ2n) is 7.49. The van der Waals surface area contributed by atoms with Gasteiger partial charge in [-0.25, -0.2) is 4.79 Å². The molecule has 0 spiro atoms. The Balaban J connectivity index is 1.52. The van der Waals surface area contributed by atoms with Gasteiger partial charge in [-0.05, 0) is 22.3 Å². The van der Waals surface area contributed by atoms with Gasteiger partial charge in [0.2, 0.25) is 0 Å². The minimum atomic E-state index is -0.316. The maximum atomic E-state index is 12.5. The van der Waals surface area contributed by atoms with Crippen LogP contribution in [0.1, 0.15) is 30.9 Å². The Kier molecular flexibility index (Phi) is 3.58. The molecule has 2 aromatic rings. The first-order valence-electron chi connectivity index (χ1n) is 8.60. The maximum Gasteiger partial charge on any atom is 0.410 e. The van der Waals surface area contributed by atoms with Crippen molar-refractivity contribution in [3.8, 4) is 23.5 Å². The molecule has 1 saturated heterocycles. The number of nitrogens with zero attached hydrogens (tertiary/aromatic N) is 1. The number of amides is 1. The van der Waals surface area contributed by atoms with E-state index in [2.05, 4.69) is 44.0 Å². The normalized spacial score (nSPS) is 20.2. The van der Waals surface area contributed by atoms with E-state index in [0.717, 1.165) is 0 Å². The fourth-order valence-electron chi connectivity index (χ4n) is 4.09. The molecule has 2 aliphatic rings. The Morgan fingerprint density at radius 2 is 1.72 bits per heavy atom. The SMILES string of the molecule is C#CC1N(C(=O)OCC2c3ccccc3-c3ccccc32)CC1(C)C. The van der Waals surface area contributed by atoms with E-state index < -0.39 is 0 Å². The Morgan fingerprint density at radius 3 is 2.24 bits per heavy atom. The van der Waals surface area contributed by atoms with Crippen LogP contribution in [0.2, 0.25) is 0 Å². The van der Waals surface area contributed by atoms with Crippen molar-refractivity contribution < 1.29 is 9.53 Å². The maximum absolute atomic E-state index is 12.5. The van der Waals surface area contributed by atoms with Gasteiger partial charge in [0, 0.05) is 17.9 Å². The monoisotopic (exact) mass is 331 g/mol. The third kappa shape index (κ3) is 2.41. The first-order chi connectivity index (χ1) is 12.0. The molecule has 0 N–H and O–H groups in total. The van der Waals surface area contributed by atoms with Crippen molar-refractivity contribution in [2.24, 2.45) is 5.41 Å². The smallest absolute Gasteiger partial charge is 0.410 e. The zero-order valence-corrected chi connectivity index (χ0v) is 14.5. The third-order valence-electron chi connectivity index (χ3n) is 5.36. The molecule has 0 saturated carbocycles. The number of ether oxygens (including phenoxy) is 1. The number of carbonyl (C=O) groups is 1. The van der Waals surface area contributed by atoms with Crippen molar-refractivity contribution in [1.29, 1.82) is 0 Å². The molecule has 3 heteroatoms. The lowest BCUT2D eigenvalue weighted by molar-refractivity contribution is -0.0154. The predicted octanol–water partition coefficient (Wildman–Crippen LogP) is 4.28. The first kappa shape index (κ1) is 15.8. The minimum absolute atomic E-state index is 0.0413. The summed E-state index contributed by atoms with van der Waals surface area (Å²) in [7, 11) is 0. The van der Waals surface area contributed by atoms with Gasteiger partial charge in [0.25, 0.3) is 0 Å². The number of likely N-dealkylation sites (tertiary alicyclic amines) is 1. The Hall–Kier alpha value is -2.73. The standard InChI is InChI=1S/C22H21NO2/c1-4-20-22(2,3)14-23(20)21(24)25-13-19-17-11-7-5-9-15(17)16-10-6-8-12-18(16)19/h1,5-12,19-20H,13-14H2,2-3H3. The molecule has 126 valence electrons. The third-order valence-corrected chi connectivity index (χ3v) is 5.36. The minimum Gasteiger partial charge on any atom is -0.448 e. The summed E-state index contributed by atoms with van der Waals surface area (Å²) < 4.78 is 5.66. The second kappa shape index (κ2) is 5.67. The second-order valence-corrected chi connectivity index (χ2v) is 7.49. The lowest BCUT2D eigenvalue weighted by Crippen LogP contribution is -2.63. The Labute approximate surface area is 148 Å². The summed E-state index contributed by atoms with van der Waals surface area (Å²) in [6.07, 6.45) is 5.27. The highest BCUT2D eigenvalue weighted by Gasteiger charge is 2.48. The van der Waals surface area contributed by atoms with Crippen molar-refractivity contribution in [3.05, 3.63) is 59.7 Å². The molecule has 1 fully saturated rings. The van der Waals surface area contributed by atoms with Crippen LogP contribution in [-0.2, 0) is 4.74 Å². The number of benzene rings is 2. The van der Waals surface area contributed by atoms with Crippen LogP contribution in [0, 0.1) is 17.8 Å². The molecule has 0 bridgehead atoms. The zero-order chi connectivity index (χ0) is 17.6. The number of hydrogen-bond donors (Lipinski definition) is 0. The van der Waals surface area contributed by atoms with E-state index in [-0.39, 0.29) is 23.5 Å². The molecule has 0 aromatic heterocycles. The average Bonchev–Trinajstić information content (AvgIpc) is 2.92. The summed E-state index contributed by atoms with van der Waals surface area (Å²) in [4.78, 5) is 14.1. The van der Waals surface area contributed by atoms with Crippen LogP contribution in [0.15, 0.2) is 48.5 Å². The van der Waals surface area contributed by atoms with Crippen molar-refractivity contribution >= 4 is 6.09 Å². The fourth-order valence-corrected chi connectivity index (χ4v) is 4.09. The molecule has 2 aromatic carbocycles. The molecule has 1 unspecified atom stereocenters. The largest absolute Gasteiger partial charge is 0.448 e. The van der Waals surface area contributed by atoms with Gasteiger partial charge in [-0.3, -0.25) is 4.90 Å². The van der Waals surface area contributed by atoms with Gasteiger partial charge in [-0.1, -0.05) is 68.3 Å². The van der Waals surface area contributed by atoms with Gasteiger partial charge in [0.15, 0.2) is 0 Å². The summed E-state index contributed by atoms with van der Waals surface area (Å²) >= 11 is 0. The predicted molar refractivity (Wildman–Crippen MR) is 98.2 cm³/mol. The van der Waals surface area contributed by atoms with Crippen LogP contribution in [0.4, 0.5) is 4.79 Å². The van der Waals surface area contributed by atoms with Crippen molar-refractivity contribution in [2.75, 3.05) is 13.2 Å². The Morgan fingerprint density at radius 1 is 1.16 bits per heavy atom. The number of rotatable bonds is 2. The quantitative estimate of drug-likeness (QED) is 0.769. The van der Waals surface area contributed by atoms with Crippen LogP contribution >= 0.6 is 0 Å². The summed E-state index contributed by atoms with van der Waals surface area (Å²) in [5.41, 5.74) is 4.85.